The second kappa shape index (κ2) is 6.07. The fourth-order valence-electron chi connectivity index (χ4n) is 2.02. The van der Waals surface area contributed by atoms with Gasteiger partial charge >= 0.3 is 0 Å². The summed E-state index contributed by atoms with van der Waals surface area (Å²) in [6.07, 6.45) is 3.16. The van der Waals surface area contributed by atoms with Gasteiger partial charge in [-0.3, -0.25) is 0 Å². The standard InChI is InChI=1S/C14H19BrN2/c1-4-14(5-2,6-3)17-13-9-12(15)8-7-11(13)10-16/h7-9,17H,4-6H2,1-3H3. The Labute approximate surface area is 112 Å². The van der Waals surface area contributed by atoms with E-state index in [1.54, 1.807) is 0 Å². The molecule has 0 saturated carbocycles. The van der Waals surface area contributed by atoms with Crippen LogP contribution in [-0.2, 0) is 0 Å². The van der Waals surface area contributed by atoms with Gasteiger partial charge in [-0.2, -0.15) is 5.26 Å². The van der Waals surface area contributed by atoms with Gasteiger partial charge in [0.2, 0.25) is 0 Å². The first-order valence-electron chi connectivity index (χ1n) is 6.08. The summed E-state index contributed by atoms with van der Waals surface area (Å²) in [5, 5.41) is 12.7. The first-order chi connectivity index (χ1) is 8.10. The van der Waals surface area contributed by atoms with Crippen molar-refractivity contribution < 1.29 is 0 Å². The summed E-state index contributed by atoms with van der Waals surface area (Å²) in [5.74, 6) is 0. The average molecular weight is 295 g/mol. The Bertz CT molecular complexity index is 408. The van der Waals surface area contributed by atoms with Crippen molar-refractivity contribution in [3.63, 3.8) is 0 Å². The highest BCUT2D eigenvalue weighted by Crippen LogP contribution is 2.29. The van der Waals surface area contributed by atoms with Crippen LogP contribution in [0.5, 0.6) is 0 Å². The molecule has 0 aliphatic carbocycles. The average Bonchev–Trinajstić information content (AvgIpc) is 2.36. The summed E-state index contributed by atoms with van der Waals surface area (Å²) in [7, 11) is 0. The molecule has 1 N–H and O–H groups in total. The lowest BCUT2D eigenvalue weighted by Gasteiger charge is -2.33. The molecule has 1 rings (SSSR count). The minimum atomic E-state index is 0.0897. The topological polar surface area (TPSA) is 35.8 Å². The molecule has 92 valence electrons. The Morgan fingerprint density at radius 1 is 1.24 bits per heavy atom. The van der Waals surface area contributed by atoms with E-state index < -0.39 is 0 Å². The fraction of sp³-hybridized carbons (Fsp3) is 0.500. The fourth-order valence-corrected chi connectivity index (χ4v) is 2.38. The van der Waals surface area contributed by atoms with E-state index in [0.717, 1.165) is 29.4 Å². The van der Waals surface area contributed by atoms with Crippen molar-refractivity contribution in [2.24, 2.45) is 0 Å². The van der Waals surface area contributed by atoms with Gasteiger partial charge in [0.1, 0.15) is 6.07 Å². The van der Waals surface area contributed by atoms with Crippen LogP contribution in [0.1, 0.15) is 45.6 Å². The molecule has 2 nitrogen and oxygen atoms in total. The SMILES string of the molecule is CCC(CC)(CC)Nc1cc(Br)ccc1C#N. The molecule has 0 spiro atoms. The van der Waals surface area contributed by atoms with Crippen molar-refractivity contribution in [2.45, 2.75) is 45.6 Å². The smallest absolute Gasteiger partial charge is 0.101 e. The molecule has 3 heteroatoms. The summed E-state index contributed by atoms with van der Waals surface area (Å²) in [6.45, 7) is 6.55. The number of hydrogen-bond donors (Lipinski definition) is 1. The van der Waals surface area contributed by atoms with Crippen LogP contribution in [0, 0.1) is 11.3 Å². The molecule has 0 atom stereocenters. The molecular formula is C14H19BrN2. The third kappa shape index (κ3) is 3.23. The van der Waals surface area contributed by atoms with Crippen molar-refractivity contribution in [3.05, 3.63) is 28.2 Å². The van der Waals surface area contributed by atoms with Gasteiger partial charge in [-0.15, -0.1) is 0 Å². The number of hydrogen-bond acceptors (Lipinski definition) is 2. The maximum atomic E-state index is 9.12. The van der Waals surface area contributed by atoms with Crippen LogP contribution in [0.4, 0.5) is 5.69 Å². The maximum absolute atomic E-state index is 9.12. The van der Waals surface area contributed by atoms with Gasteiger partial charge in [0.05, 0.1) is 11.3 Å². The molecule has 0 fully saturated rings. The highest BCUT2D eigenvalue weighted by molar-refractivity contribution is 9.10. The van der Waals surface area contributed by atoms with Crippen LogP contribution < -0.4 is 5.32 Å². The van der Waals surface area contributed by atoms with E-state index >= 15 is 0 Å². The molecular weight excluding hydrogens is 276 g/mol. The van der Waals surface area contributed by atoms with Gasteiger partial charge < -0.3 is 5.32 Å². The second-order valence-corrected chi connectivity index (χ2v) is 5.18. The Balaban J connectivity index is 3.09. The number of nitriles is 1. The largest absolute Gasteiger partial charge is 0.379 e. The maximum Gasteiger partial charge on any atom is 0.101 e. The molecule has 0 unspecified atom stereocenters. The highest BCUT2D eigenvalue weighted by Gasteiger charge is 2.24. The lowest BCUT2D eigenvalue weighted by molar-refractivity contribution is 0.420. The zero-order valence-electron chi connectivity index (χ0n) is 10.7. The Morgan fingerprint density at radius 3 is 2.29 bits per heavy atom. The normalized spacial score (nSPS) is 11.0. The van der Waals surface area contributed by atoms with Gasteiger partial charge in [-0.1, -0.05) is 36.7 Å². The Hall–Kier alpha value is -1.01. The van der Waals surface area contributed by atoms with Crippen LogP contribution in [0.25, 0.3) is 0 Å². The van der Waals surface area contributed by atoms with Crippen LogP contribution >= 0.6 is 15.9 Å². The van der Waals surface area contributed by atoms with E-state index in [1.807, 2.05) is 18.2 Å². The molecule has 0 heterocycles. The van der Waals surface area contributed by atoms with Crippen molar-refractivity contribution >= 4 is 21.6 Å². The molecule has 0 radical (unpaired) electrons. The van der Waals surface area contributed by atoms with E-state index in [-0.39, 0.29) is 5.54 Å². The monoisotopic (exact) mass is 294 g/mol. The number of anilines is 1. The van der Waals surface area contributed by atoms with Gasteiger partial charge in [0.25, 0.3) is 0 Å². The number of halogens is 1. The third-order valence-corrected chi connectivity index (χ3v) is 4.03. The minimum absolute atomic E-state index is 0.0897. The molecule has 0 aliphatic rings. The van der Waals surface area contributed by atoms with Gasteiger partial charge in [0, 0.05) is 10.0 Å². The van der Waals surface area contributed by atoms with E-state index in [4.69, 9.17) is 5.26 Å². The molecule has 0 aromatic heterocycles. The van der Waals surface area contributed by atoms with Crippen LogP contribution in [-0.4, -0.2) is 5.54 Å². The van der Waals surface area contributed by atoms with E-state index in [1.165, 1.54) is 0 Å². The summed E-state index contributed by atoms with van der Waals surface area (Å²) >= 11 is 3.45. The van der Waals surface area contributed by atoms with E-state index in [0.29, 0.717) is 5.56 Å². The van der Waals surface area contributed by atoms with Crippen molar-refractivity contribution in [1.82, 2.24) is 0 Å². The summed E-state index contributed by atoms with van der Waals surface area (Å²) < 4.78 is 0.996. The summed E-state index contributed by atoms with van der Waals surface area (Å²) in [5.41, 5.74) is 1.72. The predicted octanol–water partition coefficient (Wildman–Crippen LogP) is 4.70. The molecule has 0 amide bonds. The van der Waals surface area contributed by atoms with Gasteiger partial charge in [-0.25, -0.2) is 0 Å². The Morgan fingerprint density at radius 2 is 1.82 bits per heavy atom. The quantitative estimate of drug-likeness (QED) is 0.854. The molecule has 17 heavy (non-hydrogen) atoms. The lowest BCUT2D eigenvalue weighted by atomic mass is 9.89. The predicted molar refractivity (Wildman–Crippen MR) is 76.1 cm³/mol. The zero-order chi connectivity index (χ0) is 12.9. The highest BCUT2D eigenvalue weighted by atomic mass is 79.9. The van der Waals surface area contributed by atoms with Gasteiger partial charge in [-0.05, 0) is 37.5 Å². The van der Waals surface area contributed by atoms with Crippen LogP contribution in [0.15, 0.2) is 22.7 Å². The van der Waals surface area contributed by atoms with Crippen LogP contribution in [0.3, 0.4) is 0 Å². The summed E-state index contributed by atoms with van der Waals surface area (Å²) in [4.78, 5) is 0. The number of nitrogens with zero attached hydrogens (tertiary/aromatic N) is 1. The Kier molecular flexibility index (Phi) is 5.02. The zero-order valence-corrected chi connectivity index (χ0v) is 12.3. The summed E-state index contributed by atoms with van der Waals surface area (Å²) in [6, 6.07) is 7.96. The van der Waals surface area contributed by atoms with Gasteiger partial charge in [0.15, 0.2) is 0 Å². The molecule has 0 saturated heterocycles. The number of benzene rings is 1. The molecule has 0 aliphatic heterocycles. The van der Waals surface area contributed by atoms with E-state index in [9.17, 15) is 0 Å². The van der Waals surface area contributed by atoms with Crippen molar-refractivity contribution in [2.75, 3.05) is 5.32 Å². The second-order valence-electron chi connectivity index (χ2n) is 4.27. The minimum Gasteiger partial charge on any atom is -0.379 e. The van der Waals surface area contributed by atoms with E-state index in [2.05, 4.69) is 48.1 Å². The lowest BCUT2D eigenvalue weighted by Crippen LogP contribution is -2.36. The number of rotatable bonds is 5. The van der Waals surface area contributed by atoms with Crippen molar-refractivity contribution in [1.29, 1.82) is 5.26 Å². The first kappa shape index (κ1) is 14.1. The molecule has 1 aromatic rings. The molecule has 0 bridgehead atoms. The van der Waals surface area contributed by atoms with Crippen molar-refractivity contribution in [3.8, 4) is 6.07 Å². The number of nitrogens with one attached hydrogen (secondary N) is 1. The first-order valence-corrected chi connectivity index (χ1v) is 6.88. The van der Waals surface area contributed by atoms with Crippen LogP contribution in [0.2, 0.25) is 0 Å². The molecule has 1 aromatic carbocycles. The third-order valence-electron chi connectivity index (χ3n) is 3.53.